The van der Waals surface area contributed by atoms with Gasteiger partial charge in [0.15, 0.2) is 11.5 Å². The summed E-state index contributed by atoms with van der Waals surface area (Å²) in [7, 11) is 3.21. The number of carbonyl (C=O) groups is 1. The zero-order valence-electron chi connectivity index (χ0n) is 13.8. The van der Waals surface area contributed by atoms with E-state index in [1.165, 1.54) is 0 Å². The van der Waals surface area contributed by atoms with Crippen LogP contribution in [0.3, 0.4) is 0 Å². The third kappa shape index (κ3) is 3.35. The molecule has 0 saturated carbocycles. The number of aromatic nitrogens is 1. The Bertz CT molecular complexity index is 855. The van der Waals surface area contributed by atoms with Gasteiger partial charge in [0.1, 0.15) is 0 Å². The molecule has 0 radical (unpaired) electrons. The number of hydrogen-bond donors (Lipinski definition) is 2. The molecule has 0 aliphatic carbocycles. The van der Waals surface area contributed by atoms with Crippen molar-refractivity contribution in [3.05, 3.63) is 54.2 Å². The summed E-state index contributed by atoms with van der Waals surface area (Å²) in [4.78, 5) is 15.4. The van der Waals surface area contributed by atoms with Crippen LogP contribution in [-0.4, -0.2) is 25.1 Å². The van der Waals surface area contributed by atoms with E-state index in [1.807, 2.05) is 48.7 Å². The molecule has 124 valence electrons. The van der Waals surface area contributed by atoms with Crippen molar-refractivity contribution in [2.45, 2.75) is 12.8 Å². The summed E-state index contributed by atoms with van der Waals surface area (Å²) < 4.78 is 10.5. The molecule has 24 heavy (non-hydrogen) atoms. The Balaban J connectivity index is 1.64. The van der Waals surface area contributed by atoms with Gasteiger partial charge in [-0.3, -0.25) is 4.79 Å². The highest BCUT2D eigenvalue weighted by Gasteiger charge is 2.09. The highest BCUT2D eigenvalue weighted by atomic mass is 16.5. The van der Waals surface area contributed by atoms with E-state index in [0.717, 1.165) is 22.2 Å². The van der Waals surface area contributed by atoms with E-state index in [9.17, 15) is 4.79 Å². The van der Waals surface area contributed by atoms with Gasteiger partial charge in [-0.25, -0.2) is 0 Å². The van der Waals surface area contributed by atoms with Gasteiger partial charge in [0.2, 0.25) is 5.91 Å². The highest BCUT2D eigenvalue weighted by Crippen LogP contribution is 2.28. The van der Waals surface area contributed by atoms with Crippen molar-refractivity contribution >= 4 is 22.5 Å². The summed E-state index contributed by atoms with van der Waals surface area (Å²) in [5.41, 5.74) is 2.86. The van der Waals surface area contributed by atoms with Gasteiger partial charge in [-0.05, 0) is 42.3 Å². The van der Waals surface area contributed by atoms with Gasteiger partial charge in [-0.2, -0.15) is 0 Å². The van der Waals surface area contributed by atoms with Crippen LogP contribution < -0.4 is 14.8 Å². The summed E-state index contributed by atoms with van der Waals surface area (Å²) in [6.45, 7) is 0. The van der Waals surface area contributed by atoms with E-state index in [2.05, 4.69) is 10.3 Å². The molecule has 3 rings (SSSR count). The molecule has 1 heterocycles. The lowest BCUT2D eigenvalue weighted by Gasteiger charge is -2.10. The smallest absolute Gasteiger partial charge is 0.224 e. The third-order valence-electron chi connectivity index (χ3n) is 3.96. The monoisotopic (exact) mass is 324 g/mol. The van der Waals surface area contributed by atoms with Crippen molar-refractivity contribution in [3.63, 3.8) is 0 Å². The fourth-order valence-electron chi connectivity index (χ4n) is 2.70. The molecule has 5 heteroatoms. The number of aryl methyl sites for hydroxylation is 1. The van der Waals surface area contributed by atoms with Crippen LogP contribution in [0.2, 0.25) is 0 Å². The zero-order chi connectivity index (χ0) is 16.9. The van der Waals surface area contributed by atoms with Crippen LogP contribution in [0.4, 0.5) is 5.69 Å². The molecule has 0 atom stereocenters. The first-order chi connectivity index (χ1) is 11.7. The van der Waals surface area contributed by atoms with E-state index in [1.54, 1.807) is 14.2 Å². The largest absolute Gasteiger partial charge is 0.493 e. The number of H-pyrrole nitrogens is 1. The van der Waals surface area contributed by atoms with E-state index < -0.39 is 0 Å². The Morgan fingerprint density at radius 1 is 1.08 bits per heavy atom. The molecular formula is C19H20N2O3. The van der Waals surface area contributed by atoms with Gasteiger partial charge in [0.25, 0.3) is 0 Å². The van der Waals surface area contributed by atoms with Crippen molar-refractivity contribution in [1.29, 1.82) is 0 Å². The number of hydrogen-bond acceptors (Lipinski definition) is 3. The molecule has 1 aromatic heterocycles. The van der Waals surface area contributed by atoms with Gasteiger partial charge in [-0.1, -0.05) is 12.1 Å². The molecule has 0 bridgehead atoms. The number of benzene rings is 2. The molecule has 0 unspecified atom stereocenters. The Labute approximate surface area is 140 Å². The number of aromatic amines is 1. The average Bonchev–Trinajstić information content (AvgIpc) is 3.09. The maximum absolute atomic E-state index is 12.3. The predicted molar refractivity (Wildman–Crippen MR) is 94.8 cm³/mol. The number of methoxy groups -OCH3 is 2. The van der Waals surface area contributed by atoms with Crippen molar-refractivity contribution in [2.24, 2.45) is 0 Å². The number of nitrogens with one attached hydrogen (secondary N) is 2. The summed E-state index contributed by atoms with van der Waals surface area (Å²) in [6.07, 6.45) is 2.90. The number of amides is 1. The van der Waals surface area contributed by atoms with Crippen molar-refractivity contribution < 1.29 is 14.3 Å². The topological polar surface area (TPSA) is 63.3 Å². The zero-order valence-corrected chi connectivity index (χ0v) is 13.8. The van der Waals surface area contributed by atoms with E-state index in [4.69, 9.17) is 9.47 Å². The molecule has 0 aliphatic heterocycles. The second kappa shape index (κ2) is 7.08. The van der Waals surface area contributed by atoms with Crippen LogP contribution in [0.15, 0.2) is 48.7 Å². The van der Waals surface area contributed by atoms with Crippen LogP contribution in [0.5, 0.6) is 11.5 Å². The van der Waals surface area contributed by atoms with Crippen LogP contribution >= 0.6 is 0 Å². The van der Waals surface area contributed by atoms with Crippen molar-refractivity contribution in [3.8, 4) is 11.5 Å². The molecule has 3 aromatic rings. The molecule has 0 saturated heterocycles. The normalized spacial score (nSPS) is 10.6. The first-order valence-electron chi connectivity index (χ1n) is 7.78. The van der Waals surface area contributed by atoms with Crippen molar-refractivity contribution in [1.82, 2.24) is 4.98 Å². The summed E-state index contributed by atoms with van der Waals surface area (Å²) in [5.74, 6) is 1.34. The molecular weight excluding hydrogens is 304 g/mol. The molecule has 2 aromatic carbocycles. The van der Waals surface area contributed by atoms with Crippen LogP contribution in [0.1, 0.15) is 12.0 Å². The second-order valence-electron chi connectivity index (χ2n) is 5.48. The minimum atomic E-state index is -0.0153. The first-order valence-corrected chi connectivity index (χ1v) is 7.78. The van der Waals surface area contributed by atoms with Gasteiger partial charge in [-0.15, -0.1) is 0 Å². The lowest BCUT2D eigenvalue weighted by Crippen LogP contribution is -2.12. The Morgan fingerprint density at radius 2 is 1.92 bits per heavy atom. The maximum Gasteiger partial charge on any atom is 0.224 e. The van der Waals surface area contributed by atoms with E-state index >= 15 is 0 Å². The SMILES string of the molecule is COc1ccc(CCC(=O)Nc2cccc3[nH]ccc23)cc1OC. The predicted octanol–water partition coefficient (Wildman–Crippen LogP) is 3.76. The minimum absolute atomic E-state index is 0.0153. The number of anilines is 1. The summed E-state index contributed by atoms with van der Waals surface area (Å²) in [6, 6.07) is 13.5. The number of rotatable bonds is 6. The van der Waals surface area contributed by atoms with E-state index in [0.29, 0.717) is 24.3 Å². The molecule has 0 fully saturated rings. The van der Waals surface area contributed by atoms with Gasteiger partial charge in [0, 0.05) is 23.5 Å². The Morgan fingerprint density at radius 3 is 2.71 bits per heavy atom. The average molecular weight is 324 g/mol. The lowest BCUT2D eigenvalue weighted by molar-refractivity contribution is -0.116. The fraction of sp³-hybridized carbons (Fsp3) is 0.211. The van der Waals surface area contributed by atoms with Crippen LogP contribution in [-0.2, 0) is 11.2 Å². The summed E-state index contributed by atoms with van der Waals surface area (Å²) >= 11 is 0. The highest BCUT2D eigenvalue weighted by molar-refractivity contribution is 6.01. The fourth-order valence-corrected chi connectivity index (χ4v) is 2.70. The number of fused-ring (bicyclic) bond motifs is 1. The molecule has 5 nitrogen and oxygen atoms in total. The second-order valence-corrected chi connectivity index (χ2v) is 5.48. The number of carbonyl (C=O) groups excluding carboxylic acids is 1. The molecule has 1 amide bonds. The Kier molecular flexibility index (Phi) is 4.70. The van der Waals surface area contributed by atoms with Gasteiger partial charge >= 0.3 is 0 Å². The molecule has 0 spiro atoms. The van der Waals surface area contributed by atoms with Crippen molar-refractivity contribution in [2.75, 3.05) is 19.5 Å². The molecule has 2 N–H and O–H groups in total. The number of ether oxygens (including phenoxy) is 2. The lowest BCUT2D eigenvalue weighted by atomic mass is 10.1. The van der Waals surface area contributed by atoms with Gasteiger partial charge in [0.05, 0.1) is 19.9 Å². The molecule has 0 aliphatic rings. The van der Waals surface area contributed by atoms with E-state index in [-0.39, 0.29) is 5.91 Å². The first kappa shape index (κ1) is 15.9. The van der Waals surface area contributed by atoms with Crippen LogP contribution in [0, 0.1) is 0 Å². The quantitative estimate of drug-likeness (QED) is 0.726. The standard InChI is InChI=1S/C19H20N2O3/c1-23-17-8-6-13(12-18(17)24-2)7-9-19(22)21-16-5-3-4-15-14(16)10-11-20-15/h3-6,8,10-12,20H,7,9H2,1-2H3,(H,21,22). The minimum Gasteiger partial charge on any atom is -0.493 e. The van der Waals surface area contributed by atoms with Gasteiger partial charge < -0.3 is 19.8 Å². The third-order valence-corrected chi connectivity index (χ3v) is 3.96. The van der Waals surface area contributed by atoms with Crippen LogP contribution in [0.25, 0.3) is 10.9 Å². The summed E-state index contributed by atoms with van der Waals surface area (Å²) in [5, 5.41) is 3.99. The Hall–Kier alpha value is -2.95. The maximum atomic E-state index is 12.3.